The number of ether oxygens (including phenoxy) is 1. The molecule has 2 aromatic rings. The Bertz CT molecular complexity index is 1040. The van der Waals surface area contributed by atoms with E-state index in [-0.39, 0.29) is 78.6 Å². The zero-order chi connectivity index (χ0) is 23.7. The number of benzene rings is 2. The van der Waals surface area contributed by atoms with Crippen LogP contribution in [0.15, 0.2) is 36.4 Å². The maximum atomic E-state index is 15.0. The van der Waals surface area contributed by atoms with Crippen LogP contribution in [0.3, 0.4) is 0 Å². The van der Waals surface area contributed by atoms with Gasteiger partial charge in [-0.3, -0.25) is 21.5 Å². The van der Waals surface area contributed by atoms with E-state index in [1.807, 2.05) is 18.2 Å². The van der Waals surface area contributed by atoms with Gasteiger partial charge in [-0.25, -0.2) is 19.6 Å². The Labute approximate surface area is 248 Å². The molecule has 0 saturated carbocycles. The molecule has 0 spiro atoms. The summed E-state index contributed by atoms with van der Waals surface area (Å²) in [5.74, 6) is 11.0. The maximum absolute atomic E-state index is 15.0. The van der Waals surface area contributed by atoms with Crippen LogP contribution in [0.1, 0.15) is 11.1 Å². The van der Waals surface area contributed by atoms with Crippen molar-refractivity contribution in [1.82, 2.24) is 15.3 Å². The SMILES string of the molecule is CN(N)C(NN)N1Cc2ccc(-c3ccc(N4CC(COP([O-])[O-])OC4=O)cc3F)cc2C1.[Na+].[Na+]. The number of rotatable bonds is 8. The van der Waals surface area contributed by atoms with E-state index in [0.29, 0.717) is 29.9 Å². The summed E-state index contributed by atoms with van der Waals surface area (Å²) in [5, 5.41) is 1.48. The molecule has 5 N–H and O–H groups in total. The van der Waals surface area contributed by atoms with Gasteiger partial charge in [0.25, 0.3) is 0 Å². The molecule has 2 aliphatic rings. The molecule has 1 amide bonds. The quantitative estimate of drug-likeness (QED) is 0.0999. The number of carbonyl (C=O) groups excluding carboxylic acids is 1. The third-order valence-corrected chi connectivity index (χ3v) is 6.01. The van der Waals surface area contributed by atoms with E-state index in [2.05, 4.69) is 14.8 Å². The van der Waals surface area contributed by atoms with E-state index in [0.717, 1.165) is 11.1 Å². The summed E-state index contributed by atoms with van der Waals surface area (Å²) in [4.78, 5) is 36.5. The van der Waals surface area contributed by atoms with Crippen LogP contribution in [0.5, 0.6) is 0 Å². The average molecular weight is 524 g/mol. The second kappa shape index (κ2) is 13.5. The van der Waals surface area contributed by atoms with Gasteiger partial charge < -0.3 is 19.0 Å². The van der Waals surface area contributed by atoms with Gasteiger partial charge in [0.1, 0.15) is 18.2 Å². The fraction of sp³-hybridized carbons (Fsp3) is 0.350. The predicted molar refractivity (Wildman–Crippen MR) is 115 cm³/mol. The van der Waals surface area contributed by atoms with Crippen molar-refractivity contribution >= 4 is 20.4 Å². The first-order valence-corrected chi connectivity index (χ1v) is 11.2. The second-order valence-corrected chi connectivity index (χ2v) is 8.60. The van der Waals surface area contributed by atoms with E-state index in [4.69, 9.17) is 16.4 Å². The van der Waals surface area contributed by atoms with E-state index in [1.54, 1.807) is 19.2 Å². The van der Waals surface area contributed by atoms with E-state index in [1.165, 1.54) is 16.0 Å². The van der Waals surface area contributed by atoms with Gasteiger partial charge in [0, 0.05) is 25.7 Å². The Hall–Kier alpha value is -0.250. The Morgan fingerprint density at radius 2 is 1.97 bits per heavy atom. The maximum Gasteiger partial charge on any atom is 1.00 e. The van der Waals surface area contributed by atoms with Crippen LogP contribution in [-0.4, -0.2) is 48.6 Å². The molecule has 35 heavy (non-hydrogen) atoms. The van der Waals surface area contributed by atoms with Gasteiger partial charge in [-0.15, -0.1) is 0 Å². The molecule has 4 rings (SSSR count). The van der Waals surface area contributed by atoms with E-state index < -0.39 is 26.6 Å². The normalized spacial score (nSPS) is 18.3. The second-order valence-electron chi connectivity index (χ2n) is 7.89. The summed E-state index contributed by atoms with van der Waals surface area (Å²) >= 11 is 0. The summed E-state index contributed by atoms with van der Waals surface area (Å²) < 4.78 is 24.6. The first-order valence-electron chi connectivity index (χ1n) is 10.1. The molecule has 2 heterocycles. The molecule has 0 bridgehead atoms. The van der Waals surface area contributed by atoms with Crippen LogP contribution in [-0.2, 0) is 22.4 Å². The van der Waals surface area contributed by atoms with Gasteiger partial charge in [-0.2, -0.15) is 8.60 Å². The van der Waals surface area contributed by atoms with Crippen molar-refractivity contribution in [3.05, 3.63) is 53.3 Å². The first kappa shape index (κ1) is 31.0. The molecule has 2 unspecified atom stereocenters. The molecule has 1 saturated heterocycles. The number of carbonyl (C=O) groups is 1. The summed E-state index contributed by atoms with van der Waals surface area (Å²) in [5.41, 5.74) is 6.22. The molecule has 15 heteroatoms. The molecule has 0 aliphatic carbocycles. The van der Waals surface area contributed by atoms with Gasteiger partial charge >= 0.3 is 65.2 Å². The first-order chi connectivity index (χ1) is 15.8. The van der Waals surface area contributed by atoms with Crippen LogP contribution in [0.4, 0.5) is 14.9 Å². The van der Waals surface area contributed by atoms with Gasteiger partial charge in [0.2, 0.25) is 0 Å². The topological polar surface area (TPSA) is 155 Å². The van der Waals surface area contributed by atoms with Gasteiger partial charge in [-0.05, 0) is 41.0 Å². The fourth-order valence-corrected chi connectivity index (χ4v) is 4.40. The standard InChI is InChI=1S/C20H24FN6O5P.2Na/c1-25(23)19(24-22)26-8-13-3-2-12(6-14(13)9-26)17-5-4-15(7-18(17)21)27-10-16(32-20(27)28)11-31-33(29)30;;/h2-7,16,19,24H,8-11,22-23H2,1H3;;/q-2;2*+1. The number of nitrogens with one attached hydrogen (secondary N) is 1. The van der Waals surface area contributed by atoms with Crippen molar-refractivity contribution in [2.24, 2.45) is 11.7 Å². The minimum absolute atomic E-state index is 0. The smallest absolute Gasteiger partial charge is 0.820 e. The number of nitrogens with two attached hydrogens (primary N) is 2. The Balaban J connectivity index is 0.00000216. The molecular formula is C20H24FN6Na2O5P. The molecule has 178 valence electrons. The minimum Gasteiger partial charge on any atom is -0.820 e. The Morgan fingerprint density at radius 1 is 1.26 bits per heavy atom. The zero-order valence-electron chi connectivity index (χ0n) is 19.8. The molecule has 1 fully saturated rings. The van der Waals surface area contributed by atoms with Crippen LogP contribution in [0.2, 0.25) is 0 Å². The summed E-state index contributed by atoms with van der Waals surface area (Å²) in [6, 6.07) is 10.2. The number of halogens is 1. The Morgan fingerprint density at radius 3 is 2.60 bits per heavy atom. The summed E-state index contributed by atoms with van der Waals surface area (Å²) in [7, 11) is -1.32. The number of fused-ring (bicyclic) bond motifs is 1. The monoisotopic (exact) mass is 524 g/mol. The largest absolute Gasteiger partial charge is 1.00 e. The molecule has 0 aromatic heterocycles. The van der Waals surface area contributed by atoms with Gasteiger partial charge in [0.15, 0.2) is 0 Å². The summed E-state index contributed by atoms with van der Waals surface area (Å²) in [6.07, 6.45) is -1.80. The van der Waals surface area contributed by atoms with E-state index in [9.17, 15) is 14.6 Å². The van der Waals surface area contributed by atoms with Crippen LogP contribution in [0.25, 0.3) is 11.1 Å². The Kier molecular flexibility index (Phi) is 12.0. The van der Waals surface area contributed by atoms with Crippen molar-refractivity contribution in [2.45, 2.75) is 25.5 Å². The minimum atomic E-state index is -3.04. The van der Waals surface area contributed by atoms with Crippen molar-refractivity contribution in [1.29, 1.82) is 0 Å². The molecule has 11 nitrogen and oxygen atoms in total. The van der Waals surface area contributed by atoms with Crippen molar-refractivity contribution in [3.8, 4) is 11.1 Å². The van der Waals surface area contributed by atoms with E-state index >= 15 is 4.39 Å². The van der Waals surface area contributed by atoms with Crippen molar-refractivity contribution in [3.63, 3.8) is 0 Å². The van der Waals surface area contributed by atoms with Crippen LogP contribution in [0, 0.1) is 5.82 Å². The molecule has 2 aromatic carbocycles. The van der Waals surface area contributed by atoms with Gasteiger partial charge in [0.05, 0.1) is 18.8 Å². The number of hydrogen-bond acceptors (Lipinski definition) is 10. The predicted octanol–water partition coefficient (Wildman–Crippen LogP) is -6.34. The van der Waals surface area contributed by atoms with Gasteiger partial charge in [-0.1, -0.05) is 12.1 Å². The zero-order valence-corrected chi connectivity index (χ0v) is 24.7. The number of anilines is 1. The molecular weight excluding hydrogens is 500 g/mol. The number of nitrogens with zero attached hydrogens (tertiary/aromatic N) is 3. The third kappa shape index (κ3) is 7.20. The number of hydrogen-bond donors (Lipinski definition) is 3. The van der Waals surface area contributed by atoms with Crippen molar-refractivity contribution < 1.29 is 87.3 Å². The van der Waals surface area contributed by atoms with Crippen molar-refractivity contribution in [2.75, 3.05) is 25.1 Å². The fourth-order valence-electron chi connectivity index (χ4n) is 4.11. The van der Waals surface area contributed by atoms with Crippen LogP contribution >= 0.6 is 8.60 Å². The number of hydrazine groups is 2. The average Bonchev–Trinajstić information content (AvgIpc) is 3.35. The molecule has 2 atom stereocenters. The third-order valence-electron chi connectivity index (χ3n) is 5.65. The molecule has 0 radical (unpaired) electrons. The van der Waals surface area contributed by atoms with Crippen LogP contribution < -0.4 is 90.9 Å². The number of amides is 1. The summed E-state index contributed by atoms with van der Waals surface area (Å²) in [6.45, 7) is 1.02. The number of cyclic esters (lactones) is 1. The molecule has 2 aliphatic heterocycles.